The van der Waals surface area contributed by atoms with Crippen molar-refractivity contribution in [2.75, 3.05) is 30.5 Å². The Morgan fingerprint density at radius 1 is 1.30 bits per heavy atom. The van der Waals surface area contributed by atoms with E-state index in [9.17, 15) is 13.2 Å². The molecule has 1 amide bonds. The predicted molar refractivity (Wildman–Crippen MR) is 92.9 cm³/mol. The summed E-state index contributed by atoms with van der Waals surface area (Å²) in [6, 6.07) is 7.02. The van der Waals surface area contributed by atoms with Crippen molar-refractivity contribution in [2.45, 2.75) is 19.3 Å². The van der Waals surface area contributed by atoms with E-state index in [-0.39, 0.29) is 35.9 Å². The van der Waals surface area contributed by atoms with E-state index in [1.54, 1.807) is 24.3 Å². The average molecular weight is 363 g/mol. The van der Waals surface area contributed by atoms with Crippen LogP contribution in [-0.2, 0) is 14.6 Å². The Kier molecular flexibility index (Phi) is 6.85. The number of carbonyl (C=O) groups excluding carboxylic acids is 1. The van der Waals surface area contributed by atoms with Crippen LogP contribution >= 0.6 is 12.4 Å². The number of ether oxygens (including phenoxy) is 1. The first-order valence-electron chi connectivity index (χ1n) is 7.22. The second-order valence-corrected chi connectivity index (χ2v) is 8.10. The molecule has 0 aromatic heterocycles. The van der Waals surface area contributed by atoms with Crippen LogP contribution in [0.25, 0.3) is 0 Å². The number of halogens is 1. The van der Waals surface area contributed by atoms with Gasteiger partial charge >= 0.3 is 0 Å². The van der Waals surface area contributed by atoms with Crippen molar-refractivity contribution in [1.29, 1.82) is 0 Å². The number of nitrogens with one attached hydrogen (secondary N) is 1. The van der Waals surface area contributed by atoms with Crippen molar-refractivity contribution in [3.63, 3.8) is 0 Å². The maximum Gasteiger partial charge on any atom is 0.224 e. The first-order valence-corrected chi connectivity index (χ1v) is 9.29. The van der Waals surface area contributed by atoms with Gasteiger partial charge in [-0.2, -0.15) is 0 Å². The van der Waals surface area contributed by atoms with Crippen LogP contribution in [0, 0.1) is 5.41 Å². The van der Waals surface area contributed by atoms with Crippen LogP contribution in [0.15, 0.2) is 24.3 Å². The first-order chi connectivity index (χ1) is 10.3. The number of nitrogens with two attached hydrogens (primary N) is 1. The van der Waals surface area contributed by atoms with Gasteiger partial charge in [-0.3, -0.25) is 4.79 Å². The van der Waals surface area contributed by atoms with E-state index in [4.69, 9.17) is 10.5 Å². The number of anilines is 1. The van der Waals surface area contributed by atoms with Gasteiger partial charge in [-0.05, 0) is 42.5 Å². The average Bonchev–Trinajstić information content (AvgIpc) is 3.14. The van der Waals surface area contributed by atoms with Crippen LogP contribution in [-0.4, -0.2) is 39.5 Å². The second-order valence-electron chi connectivity index (χ2n) is 5.96. The number of amides is 1. The fraction of sp³-hybridized carbons (Fsp3) is 0.533. The summed E-state index contributed by atoms with van der Waals surface area (Å²) in [4.78, 5) is 12.1. The van der Waals surface area contributed by atoms with Gasteiger partial charge in [0.15, 0.2) is 0 Å². The Bertz CT molecular complexity index is 627. The van der Waals surface area contributed by atoms with E-state index in [0.717, 1.165) is 12.8 Å². The molecule has 1 aromatic rings. The third-order valence-corrected chi connectivity index (χ3v) is 4.72. The maximum absolute atomic E-state index is 12.1. The smallest absolute Gasteiger partial charge is 0.224 e. The predicted octanol–water partition coefficient (Wildman–Crippen LogP) is 1.60. The minimum atomic E-state index is -3.06. The lowest BCUT2D eigenvalue weighted by Gasteiger charge is -2.14. The number of rotatable bonds is 8. The highest BCUT2D eigenvalue weighted by atomic mass is 35.5. The molecule has 2 rings (SSSR count). The van der Waals surface area contributed by atoms with Crippen LogP contribution in [0.3, 0.4) is 0 Å². The zero-order chi connectivity index (χ0) is 16.2. The van der Waals surface area contributed by atoms with Gasteiger partial charge in [0, 0.05) is 24.9 Å². The fourth-order valence-corrected chi connectivity index (χ4v) is 3.97. The van der Waals surface area contributed by atoms with Crippen molar-refractivity contribution >= 4 is 33.8 Å². The van der Waals surface area contributed by atoms with Gasteiger partial charge in [-0.15, -0.1) is 12.4 Å². The molecule has 0 aliphatic heterocycles. The van der Waals surface area contributed by atoms with Crippen molar-refractivity contribution in [1.82, 2.24) is 0 Å². The number of sulfone groups is 1. The highest BCUT2D eigenvalue weighted by Crippen LogP contribution is 2.49. The van der Waals surface area contributed by atoms with Crippen LogP contribution in [0.4, 0.5) is 5.69 Å². The summed E-state index contributed by atoms with van der Waals surface area (Å²) in [6.07, 6.45) is 3.04. The zero-order valence-electron chi connectivity index (χ0n) is 13.1. The van der Waals surface area contributed by atoms with E-state index in [1.807, 2.05) is 0 Å². The van der Waals surface area contributed by atoms with Crippen LogP contribution < -0.4 is 15.8 Å². The van der Waals surface area contributed by atoms with E-state index in [0.29, 0.717) is 24.6 Å². The molecule has 1 aliphatic rings. The molecule has 0 bridgehead atoms. The van der Waals surface area contributed by atoms with E-state index in [2.05, 4.69) is 5.32 Å². The lowest BCUT2D eigenvalue weighted by Crippen LogP contribution is -2.23. The Morgan fingerprint density at radius 3 is 2.39 bits per heavy atom. The number of carbonyl (C=O) groups is 1. The molecule has 23 heavy (non-hydrogen) atoms. The van der Waals surface area contributed by atoms with E-state index < -0.39 is 9.84 Å². The minimum absolute atomic E-state index is 0. The minimum Gasteiger partial charge on any atom is -0.492 e. The van der Waals surface area contributed by atoms with Gasteiger partial charge in [-0.1, -0.05) is 0 Å². The molecular weight excluding hydrogens is 340 g/mol. The largest absolute Gasteiger partial charge is 0.492 e. The molecule has 1 fully saturated rings. The molecule has 8 heteroatoms. The fourth-order valence-electron chi connectivity index (χ4n) is 2.46. The topological polar surface area (TPSA) is 98.5 Å². The monoisotopic (exact) mass is 362 g/mol. The maximum atomic E-state index is 12.1. The highest BCUT2D eigenvalue weighted by molar-refractivity contribution is 7.90. The van der Waals surface area contributed by atoms with Crippen LogP contribution in [0.5, 0.6) is 5.75 Å². The molecule has 1 aliphatic carbocycles. The first kappa shape index (κ1) is 19.7. The molecule has 0 radical (unpaired) electrons. The molecule has 0 atom stereocenters. The van der Waals surface area contributed by atoms with Gasteiger partial charge in [0.2, 0.25) is 5.91 Å². The molecule has 1 aromatic carbocycles. The molecule has 0 unspecified atom stereocenters. The van der Waals surface area contributed by atoms with Crippen molar-refractivity contribution in [3.05, 3.63) is 24.3 Å². The summed E-state index contributed by atoms with van der Waals surface area (Å²) in [5.41, 5.74) is 5.66. The SMILES string of the molecule is CS(=O)(=O)CC1(CC(=O)Nc2ccc(OCCN)cc2)CC1.Cl. The van der Waals surface area contributed by atoms with Crippen LogP contribution in [0.2, 0.25) is 0 Å². The standard InChI is InChI=1S/C15H22N2O4S.ClH/c1-22(19,20)11-15(6-7-15)10-14(18)17-12-2-4-13(5-3-12)21-9-8-16;/h2-5H,6-11,16H2,1H3,(H,17,18);1H. The normalized spacial score (nSPS) is 15.4. The van der Waals surface area contributed by atoms with E-state index >= 15 is 0 Å². The van der Waals surface area contributed by atoms with Crippen molar-refractivity contribution in [3.8, 4) is 5.75 Å². The van der Waals surface area contributed by atoms with E-state index in [1.165, 1.54) is 6.26 Å². The van der Waals surface area contributed by atoms with Gasteiger partial charge in [0.1, 0.15) is 22.2 Å². The summed E-state index contributed by atoms with van der Waals surface area (Å²) in [5.74, 6) is 0.621. The number of hydrogen-bond acceptors (Lipinski definition) is 5. The summed E-state index contributed by atoms with van der Waals surface area (Å²) in [7, 11) is -3.06. The number of benzene rings is 1. The Labute approximate surface area is 143 Å². The third kappa shape index (κ3) is 6.76. The molecule has 0 heterocycles. The highest BCUT2D eigenvalue weighted by Gasteiger charge is 2.46. The molecule has 0 spiro atoms. The van der Waals surface area contributed by atoms with Gasteiger partial charge < -0.3 is 15.8 Å². The Hall–Kier alpha value is -1.31. The summed E-state index contributed by atoms with van der Waals surface area (Å²) in [6.45, 7) is 0.890. The summed E-state index contributed by atoms with van der Waals surface area (Å²) >= 11 is 0. The summed E-state index contributed by atoms with van der Waals surface area (Å²) in [5, 5.41) is 2.79. The van der Waals surface area contributed by atoms with Crippen molar-refractivity contribution in [2.24, 2.45) is 11.1 Å². The molecule has 0 saturated heterocycles. The van der Waals surface area contributed by atoms with Gasteiger partial charge in [-0.25, -0.2) is 8.42 Å². The lowest BCUT2D eigenvalue weighted by molar-refractivity contribution is -0.117. The zero-order valence-corrected chi connectivity index (χ0v) is 14.7. The Morgan fingerprint density at radius 2 is 1.91 bits per heavy atom. The number of hydrogen-bond donors (Lipinski definition) is 2. The molecule has 3 N–H and O–H groups in total. The molecule has 130 valence electrons. The third-order valence-electron chi connectivity index (χ3n) is 3.59. The lowest BCUT2D eigenvalue weighted by atomic mass is 10.1. The van der Waals surface area contributed by atoms with Crippen molar-refractivity contribution < 1.29 is 17.9 Å². The van der Waals surface area contributed by atoms with Crippen LogP contribution in [0.1, 0.15) is 19.3 Å². The second kappa shape index (κ2) is 7.99. The van der Waals surface area contributed by atoms with Gasteiger partial charge in [0.25, 0.3) is 0 Å². The summed E-state index contributed by atoms with van der Waals surface area (Å²) < 4.78 is 28.1. The quantitative estimate of drug-likeness (QED) is 0.731. The van der Waals surface area contributed by atoms with Gasteiger partial charge in [0.05, 0.1) is 5.75 Å². The Balaban J connectivity index is 0.00000264. The molecule has 6 nitrogen and oxygen atoms in total. The molecular formula is C15H23ClN2O4S. The molecule has 1 saturated carbocycles.